The van der Waals surface area contributed by atoms with Crippen LogP contribution in [0.5, 0.6) is 0 Å². The molecule has 3 nitrogen and oxygen atoms in total. The molecule has 0 radical (unpaired) electrons. The van der Waals surface area contributed by atoms with E-state index in [1.54, 1.807) is 0 Å². The van der Waals surface area contributed by atoms with Crippen LogP contribution >= 0.6 is 15.9 Å². The lowest BCUT2D eigenvalue weighted by Crippen LogP contribution is -2.28. The number of nitrogen functional groups attached to an aromatic ring is 1. The Bertz CT molecular complexity index is 480. The van der Waals surface area contributed by atoms with E-state index in [1.807, 2.05) is 12.1 Å². The van der Waals surface area contributed by atoms with Crippen molar-refractivity contribution in [3.8, 4) is 0 Å². The number of nitrogens with one attached hydrogen (secondary N) is 1. The zero-order valence-electron chi connectivity index (χ0n) is 11.7. The molecule has 1 aliphatic rings. The molecule has 0 saturated carbocycles. The molecule has 4 heteroatoms. The minimum Gasteiger partial charge on any atom is -0.384 e. The normalized spacial score (nSPS) is 17.7. The zero-order valence-corrected chi connectivity index (χ0v) is 13.3. The van der Waals surface area contributed by atoms with Crippen molar-refractivity contribution in [3.05, 3.63) is 28.2 Å². The number of nitrogens with zero attached hydrogens (tertiary/aromatic N) is 1. The molecule has 1 aromatic carbocycles. The fraction of sp³-hybridized carbons (Fsp3) is 0.533. The van der Waals surface area contributed by atoms with E-state index in [2.05, 4.69) is 40.7 Å². The quantitative estimate of drug-likeness (QED) is 0.655. The van der Waals surface area contributed by atoms with Crippen molar-refractivity contribution in [1.29, 1.82) is 5.41 Å². The molecule has 1 aliphatic heterocycles. The Hall–Kier alpha value is -1.03. The van der Waals surface area contributed by atoms with Crippen LogP contribution in [0.1, 0.15) is 38.7 Å². The Kier molecular flexibility index (Phi) is 4.19. The summed E-state index contributed by atoms with van der Waals surface area (Å²) in [6.45, 7) is 6.69. The molecule has 0 aliphatic carbocycles. The molecule has 0 unspecified atom stereocenters. The first-order chi connectivity index (χ1) is 9.01. The molecule has 0 bridgehead atoms. The molecule has 0 atom stereocenters. The van der Waals surface area contributed by atoms with E-state index in [-0.39, 0.29) is 5.84 Å². The zero-order chi connectivity index (χ0) is 14.0. The number of hydrogen-bond donors (Lipinski definition) is 2. The minimum absolute atomic E-state index is 0.141. The maximum Gasteiger partial charge on any atom is 0.124 e. The minimum atomic E-state index is 0.141. The highest BCUT2D eigenvalue weighted by Gasteiger charge is 2.35. The Balaban J connectivity index is 2.31. The molecular formula is C15H22BrN3. The van der Waals surface area contributed by atoms with E-state index >= 15 is 0 Å². The first kappa shape index (κ1) is 14.4. The highest BCUT2D eigenvalue weighted by Crippen LogP contribution is 2.40. The molecule has 1 aromatic rings. The van der Waals surface area contributed by atoms with Gasteiger partial charge in [-0.3, -0.25) is 5.41 Å². The fourth-order valence-electron chi connectivity index (χ4n) is 2.97. The summed E-state index contributed by atoms with van der Waals surface area (Å²) >= 11 is 3.45. The number of nitrogens with two attached hydrogens (primary N) is 1. The van der Waals surface area contributed by atoms with Gasteiger partial charge >= 0.3 is 0 Å². The number of amidine groups is 1. The average molecular weight is 324 g/mol. The van der Waals surface area contributed by atoms with Crippen LogP contribution in [0.15, 0.2) is 22.7 Å². The van der Waals surface area contributed by atoms with Gasteiger partial charge in [-0.25, -0.2) is 0 Å². The highest BCUT2D eigenvalue weighted by atomic mass is 79.9. The summed E-state index contributed by atoms with van der Waals surface area (Å²) in [5.41, 5.74) is 8.08. The topological polar surface area (TPSA) is 53.1 Å². The second-order valence-corrected chi connectivity index (χ2v) is 6.37. The average Bonchev–Trinajstić information content (AvgIpc) is 2.83. The van der Waals surface area contributed by atoms with Gasteiger partial charge in [0.2, 0.25) is 0 Å². The first-order valence-corrected chi connectivity index (χ1v) is 7.69. The van der Waals surface area contributed by atoms with Gasteiger partial charge in [-0.1, -0.05) is 29.8 Å². The molecule has 0 aromatic heterocycles. The summed E-state index contributed by atoms with van der Waals surface area (Å²) < 4.78 is 0.970. The lowest BCUT2D eigenvalue weighted by Gasteiger charge is -2.28. The summed E-state index contributed by atoms with van der Waals surface area (Å²) in [4.78, 5) is 2.39. The monoisotopic (exact) mass is 323 g/mol. The van der Waals surface area contributed by atoms with E-state index in [1.165, 1.54) is 19.3 Å². The number of halogens is 1. The molecule has 1 fully saturated rings. The van der Waals surface area contributed by atoms with Crippen molar-refractivity contribution in [3.63, 3.8) is 0 Å². The summed E-state index contributed by atoms with van der Waals surface area (Å²) in [5, 5.41) is 7.76. The van der Waals surface area contributed by atoms with Gasteiger partial charge in [-0.15, -0.1) is 0 Å². The maximum atomic E-state index is 7.76. The SMILES string of the molecule is CCC1(CC)CCN(c2ccc(Br)cc2C(=N)N)C1. The number of hydrogen-bond acceptors (Lipinski definition) is 2. The predicted molar refractivity (Wildman–Crippen MR) is 85.0 cm³/mol. The molecule has 1 saturated heterocycles. The Morgan fingerprint density at radius 3 is 2.63 bits per heavy atom. The van der Waals surface area contributed by atoms with Crippen LogP contribution < -0.4 is 10.6 Å². The lowest BCUT2D eigenvalue weighted by molar-refractivity contribution is 0.301. The van der Waals surface area contributed by atoms with Crippen LogP contribution in [0.2, 0.25) is 0 Å². The summed E-state index contributed by atoms with van der Waals surface area (Å²) in [7, 11) is 0. The standard InChI is InChI=1S/C15H22BrN3/c1-3-15(4-2)7-8-19(10-15)13-6-5-11(16)9-12(13)14(17)18/h5-6,9H,3-4,7-8,10H2,1-2H3,(H3,17,18). The van der Waals surface area contributed by atoms with Gasteiger partial charge in [-0.05, 0) is 42.9 Å². The van der Waals surface area contributed by atoms with Crippen molar-refractivity contribution in [2.75, 3.05) is 18.0 Å². The Morgan fingerprint density at radius 1 is 1.42 bits per heavy atom. The van der Waals surface area contributed by atoms with Gasteiger partial charge in [0.15, 0.2) is 0 Å². The second-order valence-electron chi connectivity index (χ2n) is 5.45. The summed E-state index contributed by atoms with van der Waals surface area (Å²) in [5.74, 6) is 0.141. The van der Waals surface area contributed by atoms with Crippen LogP contribution in [-0.2, 0) is 0 Å². The van der Waals surface area contributed by atoms with E-state index in [0.29, 0.717) is 5.41 Å². The van der Waals surface area contributed by atoms with Gasteiger partial charge in [0.25, 0.3) is 0 Å². The maximum absolute atomic E-state index is 7.76. The smallest absolute Gasteiger partial charge is 0.124 e. The molecule has 2 rings (SSSR count). The van der Waals surface area contributed by atoms with Crippen LogP contribution in [0.3, 0.4) is 0 Å². The molecule has 104 valence electrons. The van der Waals surface area contributed by atoms with Gasteiger partial charge in [0.05, 0.1) is 0 Å². The van der Waals surface area contributed by atoms with E-state index < -0.39 is 0 Å². The second kappa shape index (κ2) is 5.53. The van der Waals surface area contributed by atoms with Gasteiger partial charge in [0.1, 0.15) is 5.84 Å². The van der Waals surface area contributed by atoms with Crippen molar-refractivity contribution >= 4 is 27.5 Å². The third-order valence-corrected chi connectivity index (χ3v) is 5.02. The van der Waals surface area contributed by atoms with Crippen molar-refractivity contribution in [2.24, 2.45) is 11.1 Å². The van der Waals surface area contributed by atoms with E-state index in [0.717, 1.165) is 28.8 Å². The van der Waals surface area contributed by atoms with Crippen LogP contribution in [0.4, 0.5) is 5.69 Å². The predicted octanol–water partition coefficient (Wildman–Crippen LogP) is 3.75. The van der Waals surface area contributed by atoms with E-state index in [4.69, 9.17) is 11.1 Å². The van der Waals surface area contributed by atoms with E-state index in [9.17, 15) is 0 Å². The largest absolute Gasteiger partial charge is 0.384 e. The first-order valence-electron chi connectivity index (χ1n) is 6.90. The van der Waals surface area contributed by atoms with Crippen molar-refractivity contribution in [1.82, 2.24) is 0 Å². The molecule has 3 N–H and O–H groups in total. The van der Waals surface area contributed by atoms with Crippen molar-refractivity contribution in [2.45, 2.75) is 33.1 Å². The third-order valence-electron chi connectivity index (χ3n) is 4.53. The molecule has 19 heavy (non-hydrogen) atoms. The summed E-state index contributed by atoms with van der Waals surface area (Å²) in [6, 6.07) is 6.04. The van der Waals surface area contributed by atoms with Gasteiger partial charge < -0.3 is 10.6 Å². The van der Waals surface area contributed by atoms with Crippen LogP contribution in [0, 0.1) is 10.8 Å². The molecule has 0 amide bonds. The summed E-state index contributed by atoms with van der Waals surface area (Å²) in [6.07, 6.45) is 3.66. The van der Waals surface area contributed by atoms with Gasteiger partial charge in [0, 0.05) is 28.8 Å². The lowest BCUT2D eigenvalue weighted by atomic mass is 9.82. The number of rotatable bonds is 4. The highest BCUT2D eigenvalue weighted by molar-refractivity contribution is 9.10. The Labute approximate surface area is 123 Å². The van der Waals surface area contributed by atoms with Crippen molar-refractivity contribution < 1.29 is 0 Å². The van der Waals surface area contributed by atoms with Crippen LogP contribution in [-0.4, -0.2) is 18.9 Å². The molecular weight excluding hydrogens is 302 g/mol. The van der Waals surface area contributed by atoms with Crippen LogP contribution in [0.25, 0.3) is 0 Å². The third kappa shape index (κ3) is 2.78. The fourth-order valence-corrected chi connectivity index (χ4v) is 3.33. The number of anilines is 1. The Morgan fingerprint density at radius 2 is 2.11 bits per heavy atom. The molecule has 1 heterocycles. The van der Waals surface area contributed by atoms with Gasteiger partial charge in [-0.2, -0.15) is 0 Å². The molecule has 0 spiro atoms. The number of benzene rings is 1.